The summed E-state index contributed by atoms with van der Waals surface area (Å²) in [7, 11) is 0. The maximum Gasteiger partial charge on any atom is 0.335 e. The van der Waals surface area contributed by atoms with Crippen LogP contribution in [-0.2, 0) is 4.79 Å². The van der Waals surface area contributed by atoms with Gasteiger partial charge in [-0.2, -0.15) is 0 Å². The van der Waals surface area contributed by atoms with Crippen molar-refractivity contribution in [1.29, 1.82) is 0 Å². The summed E-state index contributed by atoms with van der Waals surface area (Å²) in [6, 6.07) is 2.71. The maximum absolute atomic E-state index is 11.9. The van der Waals surface area contributed by atoms with Crippen LogP contribution in [0, 0.1) is 0 Å². The van der Waals surface area contributed by atoms with Crippen LogP contribution < -0.4 is 10.2 Å². The third kappa shape index (κ3) is 2.49. The molecule has 2 rings (SSSR count). The quantitative estimate of drug-likeness (QED) is 0.796. The van der Waals surface area contributed by atoms with Crippen LogP contribution in [0.1, 0.15) is 24.2 Å². The van der Waals surface area contributed by atoms with Gasteiger partial charge in [0, 0.05) is 13.1 Å². The summed E-state index contributed by atoms with van der Waals surface area (Å²) < 4.78 is 0. The van der Waals surface area contributed by atoms with Crippen LogP contribution in [0.5, 0.6) is 0 Å². The molecule has 19 heavy (non-hydrogen) atoms. The van der Waals surface area contributed by atoms with Crippen molar-refractivity contribution >= 4 is 29.3 Å². The van der Waals surface area contributed by atoms with Crippen LogP contribution in [-0.4, -0.2) is 40.6 Å². The van der Waals surface area contributed by atoms with Gasteiger partial charge in [-0.15, -0.1) is 0 Å². The van der Waals surface area contributed by atoms with Gasteiger partial charge < -0.3 is 15.3 Å². The predicted octanol–water partition coefficient (Wildman–Crippen LogP) is 1.15. The Hall–Kier alpha value is -1.82. The van der Waals surface area contributed by atoms with Crippen LogP contribution in [0.25, 0.3) is 0 Å². The SMILES string of the molecule is CC1(C)C(=O)NCCN1c1cc(C(=O)O)cc(Cl)n1. The monoisotopic (exact) mass is 283 g/mol. The lowest BCUT2D eigenvalue weighted by Gasteiger charge is -2.42. The number of carbonyl (C=O) groups excluding carboxylic acids is 1. The average Bonchev–Trinajstić information content (AvgIpc) is 2.31. The van der Waals surface area contributed by atoms with Crippen LogP contribution in [0.3, 0.4) is 0 Å². The Morgan fingerprint density at radius 3 is 2.84 bits per heavy atom. The van der Waals surface area contributed by atoms with Crippen molar-refractivity contribution < 1.29 is 14.7 Å². The molecule has 0 spiro atoms. The van der Waals surface area contributed by atoms with Crippen LogP contribution in [0.4, 0.5) is 5.82 Å². The molecular formula is C12H14ClN3O3. The number of hydrogen-bond acceptors (Lipinski definition) is 4. The topological polar surface area (TPSA) is 82.5 Å². The summed E-state index contributed by atoms with van der Waals surface area (Å²) in [5.41, 5.74) is -0.747. The Labute approximate surface area is 115 Å². The Balaban J connectivity index is 2.46. The van der Waals surface area contributed by atoms with Gasteiger partial charge in [-0.25, -0.2) is 9.78 Å². The van der Waals surface area contributed by atoms with Crippen LogP contribution >= 0.6 is 11.6 Å². The minimum Gasteiger partial charge on any atom is -0.478 e. The number of carboxylic acids is 1. The molecule has 1 amide bonds. The number of piperazine rings is 1. The van der Waals surface area contributed by atoms with E-state index in [1.54, 1.807) is 18.7 Å². The van der Waals surface area contributed by atoms with E-state index in [-0.39, 0.29) is 16.6 Å². The standard InChI is InChI=1S/C12H14ClN3O3/c1-12(2)11(19)14-3-4-16(12)9-6-7(10(17)18)5-8(13)15-9/h5-6H,3-4H2,1-2H3,(H,14,19)(H,17,18). The number of carboxylic acid groups (broad SMARTS) is 1. The fourth-order valence-electron chi connectivity index (χ4n) is 2.05. The first-order valence-electron chi connectivity index (χ1n) is 5.79. The van der Waals surface area contributed by atoms with E-state index >= 15 is 0 Å². The highest BCUT2D eigenvalue weighted by Gasteiger charge is 2.38. The molecule has 102 valence electrons. The van der Waals surface area contributed by atoms with Gasteiger partial charge in [0.15, 0.2) is 0 Å². The number of halogens is 1. The Morgan fingerprint density at radius 1 is 1.53 bits per heavy atom. The van der Waals surface area contributed by atoms with Gasteiger partial charge >= 0.3 is 5.97 Å². The van der Waals surface area contributed by atoms with Crippen molar-refractivity contribution in [2.24, 2.45) is 0 Å². The third-order valence-electron chi connectivity index (χ3n) is 3.16. The molecule has 1 aliphatic rings. The molecule has 6 nitrogen and oxygen atoms in total. The molecule has 0 radical (unpaired) electrons. The highest BCUT2D eigenvalue weighted by Crippen LogP contribution is 2.26. The first-order chi connectivity index (χ1) is 8.82. The molecule has 1 aliphatic heterocycles. The largest absolute Gasteiger partial charge is 0.478 e. The molecular weight excluding hydrogens is 270 g/mol. The maximum atomic E-state index is 11.9. The number of aromatic carboxylic acids is 1. The number of pyridine rings is 1. The molecule has 2 N–H and O–H groups in total. The minimum atomic E-state index is -1.08. The molecule has 0 unspecified atom stereocenters. The van der Waals surface area contributed by atoms with Gasteiger partial charge in [-0.05, 0) is 26.0 Å². The molecule has 7 heteroatoms. The van der Waals surface area contributed by atoms with Crippen molar-refractivity contribution in [3.8, 4) is 0 Å². The van der Waals surface area contributed by atoms with E-state index in [1.807, 2.05) is 0 Å². The predicted molar refractivity (Wildman–Crippen MR) is 70.6 cm³/mol. The zero-order valence-electron chi connectivity index (χ0n) is 10.6. The molecule has 0 bridgehead atoms. The summed E-state index contributed by atoms with van der Waals surface area (Å²) in [6.45, 7) is 4.54. The van der Waals surface area contributed by atoms with Crippen molar-refractivity contribution in [3.63, 3.8) is 0 Å². The van der Waals surface area contributed by atoms with Crippen LogP contribution in [0.2, 0.25) is 5.15 Å². The first-order valence-corrected chi connectivity index (χ1v) is 6.17. The summed E-state index contributed by atoms with van der Waals surface area (Å²) >= 11 is 5.84. The molecule has 1 aromatic heterocycles. The van der Waals surface area contributed by atoms with Gasteiger partial charge in [0.25, 0.3) is 0 Å². The number of amides is 1. The van der Waals surface area contributed by atoms with E-state index in [2.05, 4.69) is 10.3 Å². The van der Waals surface area contributed by atoms with Gasteiger partial charge in [0.05, 0.1) is 5.56 Å². The fraction of sp³-hybridized carbons (Fsp3) is 0.417. The molecule has 0 aromatic carbocycles. The van der Waals surface area contributed by atoms with Gasteiger partial charge in [-0.1, -0.05) is 11.6 Å². The number of carbonyl (C=O) groups is 2. The highest BCUT2D eigenvalue weighted by atomic mass is 35.5. The summed E-state index contributed by atoms with van der Waals surface area (Å²) in [5.74, 6) is -0.813. The second-order valence-electron chi connectivity index (χ2n) is 4.81. The second kappa shape index (κ2) is 4.70. The summed E-state index contributed by atoms with van der Waals surface area (Å²) in [5, 5.41) is 11.9. The number of nitrogens with one attached hydrogen (secondary N) is 1. The summed E-state index contributed by atoms with van der Waals surface area (Å²) in [6.07, 6.45) is 0. The Morgan fingerprint density at radius 2 is 2.21 bits per heavy atom. The van der Waals surface area contributed by atoms with E-state index in [1.165, 1.54) is 12.1 Å². The molecule has 0 atom stereocenters. The number of rotatable bonds is 2. The number of hydrogen-bond donors (Lipinski definition) is 2. The van der Waals surface area contributed by atoms with Gasteiger partial charge in [0.1, 0.15) is 16.5 Å². The lowest BCUT2D eigenvalue weighted by molar-refractivity contribution is -0.126. The normalized spacial score (nSPS) is 18.1. The third-order valence-corrected chi connectivity index (χ3v) is 3.35. The van der Waals surface area contributed by atoms with Crippen molar-refractivity contribution in [2.45, 2.75) is 19.4 Å². The lowest BCUT2D eigenvalue weighted by atomic mass is 9.99. The fourth-order valence-corrected chi connectivity index (χ4v) is 2.25. The molecule has 1 aromatic rings. The van der Waals surface area contributed by atoms with Crippen molar-refractivity contribution in [1.82, 2.24) is 10.3 Å². The molecule has 1 saturated heterocycles. The van der Waals surface area contributed by atoms with E-state index in [4.69, 9.17) is 16.7 Å². The average molecular weight is 284 g/mol. The minimum absolute atomic E-state index is 0.0526. The Kier molecular flexibility index (Phi) is 3.36. The zero-order valence-corrected chi connectivity index (χ0v) is 11.4. The highest BCUT2D eigenvalue weighted by molar-refractivity contribution is 6.29. The molecule has 2 heterocycles. The van der Waals surface area contributed by atoms with E-state index < -0.39 is 11.5 Å². The van der Waals surface area contributed by atoms with E-state index in [9.17, 15) is 9.59 Å². The van der Waals surface area contributed by atoms with Crippen LogP contribution in [0.15, 0.2) is 12.1 Å². The van der Waals surface area contributed by atoms with Gasteiger partial charge in [-0.3, -0.25) is 4.79 Å². The number of aromatic nitrogens is 1. The second-order valence-corrected chi connectivity index (χ2v) is 5.20. The zero-order chi connectivity index (χ0) is 14.2. The Bertz CT molecular complexity index is 545. The van der Waals surface area contributed by atoms with E-state index in [0.29, 0.717) is 18.9 Å². The van der Waals surface area contributed by atoms with Crippen molar-refractivity contribution in [3.05, 3.63) is 22.8 Å². The molecule has 0 saturated carbocycles. The smallest absolute Gasteiger partial charge is 0.335 e. The lowest BCUT2D eigenvalue weighted by Crippen LogP contribution is -2.62. The number of anilines is 1. The van der Waals surface area contributed by atoms with Gasteiger partial charge in [0.2, 0.25) is 5.91 Å². The summed E-state index contributed by atoms with van der Waals surface area (Å²) in [4.78, 5) is 28.8. The van der Waals surface area contributed by atoms with E-state index in [0.717, 1.165) is 0 Å². The number of nitrogens with zero attached hydrogens (tertiary/aromatic N) is 2. The molecule has 1 fully saturated rings. The first kappa shape index (κ1) is 13.6. The molecule has 0 aliphatic carbocycles. The van der Waals surface area contributed by atoms with Crippen molar-refractivity contribution in [2.75, 3.05) is 18.0 Å².